The molecule has 1 amide bonds. The molecule has 3 aliphatic rings. The van der Waals surface area contributed by atoms with E-state index in [1.54, 1.807) is 11.9 Å². The van der Waals surface area contributed by atoms with Gasteiger partial charge in [0.15, 0.2) is 6.23 Å². The van der Waals surface area contributed by atoms with E-state index in [2.05, 4.69) is 16.9 Å². The highest BCUT2D eigenvalue weighted by molar-refractivity contribution is 6.11. The summed E-state index contributed by atoms with van der Waals surface area (Å²) in [5, 5.41) is 10.0. The highest BCUT2D eigenvalue weighted by Crippen LogP contribution is 2.57. The van der Waals surface area contributed by atoms with Crippen LogP contribution in [-0.2, 0) is 14.9 Å². The quantitative estimate of drug-likeness (QED) is 0.698. The first-order valence-electron chi connectivity index (χ1n) is 9.11. The summed E-state index contributed by atoms with van der Waals surface area (Å²) in [5.41, 5.74) is 14.1. The number of hydrogen-bond acceptors (Lipinski definition) is 6. The van der Waals surface area contributed by atoms with Crippen molar-refractivity contribution >= 4 is 11.6 Å². The van der Waals surface area contributed by atoms with Crippen LogP contribution in [0.5, 0.6) is 0 Å². The average molecular weight is 373 g/mol. The molecule has 3 aliphatic heterocycles. The molecule has 1 saturated heterocycles. The maximum Gasteiger partial charge on any atom is 0.243 e. The summed E-state index contributed by atoms with van der Waals surface area (Å²) in [4.78, 5) is 15.4. The normalized spacial score (nSPS) is 30.8. The molecule has 1 fully saturated rings. The predicted octanol–water partition coefficient (Wildman–Crippen LogP) is 1.42. The molecule has 7 heteroatoms. The third-order valence-electron chi connectivity index (χ3n) is 6.06. The van der Waals surface area contributed by atoms with E-state index in [-0.39, 0.29) is 23.4 Å². The number of nitrogens with two attached hydrogens (primary N) is 1. The van der Waals surface area contributed by atoms with Gasteiger partial charge in [0.1, 0.15) is 17.1 Å². The van der Waals surface area contributed by atoms with Gasteiger partial charge in [-0.3, -0.25) is 4.79 Å². The number of carbonyl (C=O) groups excluding carboxylic acids is 1. The minimum Gasteiger partial charge on any atom is -0.458 e. The van der Waals surface area contributed by atoms with E-state index in [0.29, 0.717) is 0 Å². The molecule has 7 nitrogen and oxygen atoms in total. The van der Waals surface area contributed by atoms with Crippen LogP contribution >= 0.6 is 0 Å². The molecule has 140 valence electrons. The van der Waals surface area contributed by atoms with Gasteiger partial charge in [-0.1, -0.05) is 48.5 Å². The number of amides is 1. The Morgan fingerprint density at radius 3 is 2.61 bits per heavy atom. The van der Waals surface area contributed by atoms with E-state index < -0.39 is 17.6 Å². The molecule has 3 heterocycles. The summed E-state index contributed by atoms with van der Waals surface area (Å²) in [7, 11) is 1.74. The number of nitrogens with one attached hydrogen (secondary N) is 2. The van der Waals surface area contributed by atoms with Crippen molar-refractivity contribution in [3.8, 4) is 6.07 Å². The van der Waals surface area contributed by atoms with Gasteiger partial charge in [-0.25, -0.2) is 10.9 Å². The molecule has 1 spiro atoms. The van der Waals surface area contributed by atoms with Gasteiger partial charge in [0, 0.05) is 12.7 Å². The highest BCUT2D eigenvalue weighted by atomic mass is 16.5. The number of hydrogen-bond donors (Lipinski definition) is 3. The largest absolute Gasteiger partial charge is 0.458 e. The van der Waals surface area contributed by atoms with Crippen LogP contribution in [0.4, 0.5) is 5.69 Å². The van der Waals surface area contributed by atoms with Crippen molar-refractivity contribution in [1.29, 1.82) is 5.26 Å². The topological polar surface area (TPSA) is 103 Å². The Kier molecular flexibility index (Phi) is 3.50. The second-order valence-electron chi connectivity index (χ2n) is 7.28. The Bertz CT molecular complexity index is 1040. The number of nitriles is 1. The number of para-hydroxylation sites is 1. The molecule has 0 bridgehead atoms. The van der Waals surface area contributed by atoms with Crippen LogP contribution < -0.4 is 21.5 Å². The second-order valence-corrected chi connectivity index (χ2v) is 7.28. The summed E-state index contributed by atoms with van der Waals surface area (Å²) in [5.74, 6) is -0.571. The van der Waals surface area contributed by atoms with Gasteiger partial charge >= 0.3 is 0 Å². The number of hydrazine groups is 1. The highest BCUT2D eigenvalue weighted by Gasteiger charge is 2.66. The van der Waals surface area contributed by atoms with Crippen molar-refractivity contribution in [3.05, 3.63) is 77.2 Å². The van der Waals surface area contributed by atoms with Crippen molar-refractivity contribution in [2.45, 2.75) is 17.7 Å². The van der Waals surface area contributed by atoms with Crippen molar-refractivity contribution in [2.75, 3.05) is 11.9 Å². The van der Waals surface area contributed by atoms with Gasteiger partial charge in [-0.05, 0) is 17.2 Å². The Morgan fingerprint density at radius 2 is 1.86 bits per heavy atom. The van der Waals surface area contributed by atoms with Gasteiger partial charge < -0.3 is 15.4 Å². The molecule has 2 aromatic rings. The first kappa shape index (κ1) is 16.8. The maximum absolute atomic E-state index is 13.7. The van der Waals surface area contributed by atoms with Crippen LogP contribution in [0.15, 0.2) is 66.1 Å². The first-order valence-corrected chi connectivity index (χ1v) is 9.11. The van der Waals surface area contributed by atoms with E-state index in [1.807, 2.05) is 54.6 Å². The van der Waals surface area contributed by atoms with Gasteiger partial charge in [-0.15, -0.1) is 0 Å². The summed E-state index contributed by atoms with van der Waals surface area (Å²) >= 11 is 0. The predicted molar refractivity (Wildman–Crippen MR) is 102 cm³/mol. The molecule has 4 N–H and O–H groups in total. The monoisotopic (exact) mass is 373 g/mol. The van der Waals surface area contributed by atoms with Gasteiger partial charge in [0.2, 0.25) is 11.8 Å². The fourth-order valence-corrected chi connectivity index (χ4v) is 4.91. The number of nitrogens with zero attached hydrogens (tertiary/aromatic N) is 2. The Labute approximate surface area is 162 Å². The number of rotatable bonds is 1. The zero-order chi connectivity index (χ0) is 19.5. The maximum atomic E-state index is 13.7. The number of likely N-dealkylation sites (N-methyl/N-ethyl adjacent to an activating group) is 1. The van der Waals surface area contributed by atoms with Gasteiger partial charge in [0.25, 0.3) is 0 Å². The van der Waals surface area contributed by atoms with E-state index >= 15 is 0 Å². The van der Waals surface area contributed by atoms with E-state index in [4.69, 9.17) is 10.5 Å². The van der Waals surface area contributed by atoms with Crippen LogP contribution in [0, 0.1) is 17.2 Å². The lowest BCUT2D eigenvalue weighted by atomic mass is 9.62. The number of fused-ring (bicyclic) bond motifs is 4. The molecule has 0 radical (unpaired) electrons. The molecule has 2 aromatic carbocycles. The van der Waals surface area contributed by atoms with E-state index in [0.717, 1.165) is 16.8 Å². The van der Waals surface area contributed by atoms with Crippen LogP contribution in [0.25, 0.3) is 0 Å². The molecular weight excluding hydrogens is 354 g/mol. The Balaban J connectivity index is 1.81. The van der Waals surface area contributed by atoms with Gasteiger partial charge in [0.05, 0.1) is 12.0 Å². The number of anilines is 1. The summed E-state index contributed by atoms with van der Waals surface area (Å²) < 4.78 is 5.84. The summed E-state index contributed by atoms with van der Waals surface area (Å²) in [6, 6.07) is 19.4. The summed E-state index contributed by atoms with van der Waals surface area (Å²) in [6.07, 6.45) is -0.550. The standard InChI is InChI=1S/C21H19N5O2/c1-26-15-10-6-5-9-13(15)21(20(26)27)14(11-22)18(23)28-19-16(21)17(24-25-19)12-7-3-2-4-8-12/h2-10,16-17,19,24-25H,23H2,1H3. The number of ether oxygens (including phenoxy) is 1. The number of carbonyl (C=O) groups is 1. The Morgan fingerprint density at radius 1 is 1.14 bits per heavy atom. The van der Waals surface area contributed by atoms with Crippen LogP contribution in [0.1, 0.15) is 17.2 Å². The molecule has 0 aliphatic carbocycles. The third-order valence-corrected chi connectivity index (χ3v) is 6.06. The van der Waals surface area contributed by atoms with Crippen molar-refractivity contribution in [2.24, 2.45) is 11.7 Å². The lowest BCUT2D eigenvalue weighted by Crippen LogP contribution is -2.55. The van der Waals surface area contributed by atoms with Gasteiger partial charge in [-0.2, -0.15) is 5.26 Å². The lowest BCUT2D eigenvalue weighted by Gasteiger charge is -2.42. The molecule has 28 heavy (non-hydrogen) atoms. The lowest BCUT2D eigenvalue weighted by molar-refractivity contribution is -0.126. The molecule has 0 saturated carbocycles. The first-order chi connectivity index (χ1) is 13.6. The summed E-state index contributed by atoms with van der Waals surface area (Å²) in [6.45, 7) is 0. The Hall–Kier alpha value is -3.34. The fraction of sp³-hybridized carbons (Fsp3) is 0.238. The third kappa shape index (κ3) is 1.91. The van der Waals surface area contributed by atoms with E-state index in [9.17, 15) is 10.1 Å². The molecule has 4 atom stereocenters. The second kappa shape index (κ2) is 5.83. The van der Waals surface area contributed by atoms with Crippen LogP contribution in [-0.4, -0.2) is 19.2 Å². The minimum atomic E-state index is -1.22. The van der Waals surface area contributed by atoms with Crippen LogP contribution in [0.2, 0.25) is 0 Å². The fourth-order valence-electron chi connectivity index (χ4n) is 4.91. The van der Waals surface area contributed by atoms with E-state index in [1.165, 1.54) is 0 Å². The number of benzene rings is 2. The zero-order valence-corrected chi connectivity index (χ0v) is 15.2. The smallest absolute Gasteiger partial charge is 0.243 e. The average Bonchev–Trinajstić information content (AvgIpc) is 3.24. The van der Waals surface area contributed by atoms with Crippen molar-refractivity contribution < 1.29 is 9.53 Å². The van der Waals surface area contributed by atoms with Crippen molar-refractivity contribution in [3.63, 3.8) is 0 Å². The minimum absolute atomic E-state index is 0.00906. The SMILES string of the molecule is CN1C(=O)C2(C(C#N)=C(N)OC3NNC(c4ccccc4)C32)c2ccccc21. The molecule has 4 unspecified atom stereocenters. The molecule has 0 aromatic heterocycles. The van der Waals surface area contributed by atoms with Crippen molar-refractivity contribution in [1.82, 2.24) is 10.9 Å². The molecular formula is C21H19N5O2. The zero-order valence-electron chi connectivity index (χ0n) is 15.2. The van der Waals surface area contributed by atoms with Crippen LogP contribution in [0.3, 0.4) is 0 Å². The molecule has 5 rings (SSSR count).